The van der Waals surface area contributed by atoms with E-state index in [1.54, 1.807) is 24.0 Å². The number of rotatable bonds is 6. The Morgan fingerprint density at radius 2 is 1.97 bits per heavy atom. The third-order valence-electron chi connectivity index (χ3n) is 6.29. The summed E-state index contributed by atoms with van der Waals surface area (Å²) in [4.78, 5) is 26.8. The maximum absolute atomic E-state index is 13.2. The minimum Gasteiger partial charge on any atom is -0.366 e. The lowest BCUT2D eigenvalue weighted by atomic mass is 9.95. The molecule has 0 aliphatic carbocycles. The van der Waals surface area contributed by atoms with E-state index in [4.69, 9.17) is 0 Å². The fourth-order valence-electron chi connectivity index (χ4n) is 4.39. The molecule has 2 unspecified atom stereocenters. The molecule has 4 aromatic rings. The van der Waals surface area contributed by atoms with Crippen molar-refractivity contribution in [1.29, 1.82) is 0 Å². The second-order valence-corrected chi connectivity index (χ2v) is 8.60. The summed E-state index contributed by atoms with van der Waals surface area (Å²) in [6, 6.07) is 17.6. The van der Waals surface area contributed by atoms with Crippen molar-refractivity contribution >= 4 is 34.1 Å². The number of likely N-dealkylation sites (tertiary alicyclic amines) is 1. The van der Waals surface area contributed by atoms with Gasteiger partial charge in [-0.15, -0.1) is 14.8 Å². The molecule has 34 heavy (non-hydrogen) atoms. The fourth-order valence-corrected chi connectivity index (χ4v) is 4.39. The molecule has 10 heteroatoms. The number of hydrogen-bond acceptors (Lipinski definition) is 7. The number of hydrogen-bond donors (Lipinski definition) is 2. The maximum atomic E-state index is 13.2. The van der Waals surface area contributed by atoms with Crippen LogP contribution in [0.2, 0.25) is 0 Å². The normalized spacial score (nSPS) is 17.0. The summed E-state index contributed by atoms with van der Waals surface area (Å²) in [6.07, 6.45) is 1.59. The smallest absolute Gasteiger partial charge is 0.225 e. The molecule has 2 aromatic heterocycles. The van der Waals surface area contributed by atoms with E-state index < -0.39 is 0 Å². The highest BCUT2D eigenvalue weighted by Gasteiger charge is 2.28. The monoisotopic (exact) mass is 458 g/mol. The molecule has 2 N–H and O–H groups in total. The van der Waals surface area contributed by atoms with E-state index >= 15 is 0 Å². The Kier molecular flexibility index (Phi) is 6.03. The molecule has 0 bridgehead atoms. The van der Waals surface area contributed by atoms with E-state index in [1.165, 1.54) is 4.63 Å². The zero-order chi connectivity index (χ0) is 23.5. The van der Waals surface area contributed by atoms with Crippen molar-refractivity contribution < 1.29 is 9.59 Å². The van der Waals surface area contributed by atoms with Gasteiger partial charge in [0.25, 0.3) is 0 Å². The standard InChI is InChI=1S/C24H26N8O2/c1-16(33)31-12-4-7-20(15-31)24(34)26-21(19-9-8-17-5-2-3-6-18(17)13-19)14-25-22-10-11-23-27-29-30-32(23)28-22/h2-3,5-6,8-11,13,20-21H,4,7,12,14-15H2,1H3,(H,25,28)(H,26,34). The average Bonchev–Trinajstić information content (AvgIpc) is 3.34. The highest BCUT2D eigenvalue weighted by Crippen LogP contribution is 2.23. The number of nitrogens with zero attached hydrogens (tertiary/aromatic N) is 6. The molecule has 2 aromatic carbocycles. The Balaban J connectivity index is 1.37. The number of tetrazole rings is 1. The van der Waals surface area contributed by atoms with Gasteiger partial charge in [0.15, 0.2) is 5.65 Å². The predicted molar refractivity (Wildman–Crippen MR) is 127 cm³/mol. The molecule has 1 fully saturated rings. The molecule has 0 radical (unpaired) electrons. The number of nitrogens with one attached hydrogen (secondary N) is 2. The van der Waals surface area contributed by atoms with Gasteiger partial charge in [0.05, 0.1) is 12.0 Å². The molecule has 2 amide bonds. The van der Waals surface area contributed by atoms with Gasteiger partial charge in [0.1, 0.15) is 5.82 Å². The van der Waals surface area contributed by atoms with Crippen molar-refractivity contribution in [2.45, 2.75) is 25.8 Å². The number of carbonyl (C=O) groups excluding carboxylic acids is 2. The summed E-state index contributed by atoms with van der Waals surface area (Å²) in [5.41, 5.74) is 1.54. The van der Waals surface area contributed by atoms with Crippen LogP contribution in [0.5, 0.6) is 0 Å². The molecular weight excluding hydrogens is 432 g/mol. The minimum absolute atomic E-state index is 0.00862. The van der Waals surface area contributed by atoms with E-state index in [9.17, 15) is 9.59 Å². The molecule has 5 rings (SSSR count). The van der Waals surface area contributed by atoms with Crippen molar-refractivity contribution in [2.75, 3.05) is 25.0 Å². The SMILES string of the molecule is CC(=O)N1CCCC(C(=O)NC(CNc2ccc3nnnn3n2)c2ccc3ccccc3c2)C1. The molecule has 174 valence electrons. The molecule has 1 aliphatic rings. The van der Waals surface area contributed by atoms with E-state index in [0.29, 0.717) is 31.1 Å². The van der Waals surface area contributed by atoms with Crippen LogP contribution in [0.4, 0.5) is 5.82 Å². The van der Waals surface area contributed by atoms with Crippen molar-refractivity contribution in [2.24, 2.45) is 5.92 Å². The van der Waals surface area contributed by atoms with Gasteiger partial charge in [-0.2, -0.15) is 0 Å². The molecule has 3 heterocycles. The van der Waals surface area contributed by atoms with Gasteiger partial charge in [0.2, 0.25) is 11.8 Å². The van der Waals surface area contributed by atoms with Gasteiger partial charge >= 0.3 is 0 Å². The zero-order valence-electron chi connectivity index (χ0n) is 18.9. The Labute approximate surface area is 196 Å². The molecule has 0 spiro atoms. The Morgan fingerprint density at radius 1 is 1.12 bits per heavy atom. The van der Waals surface area contributed by atoms with Gasteiger partial charge < -0.3 is 15.5 Å². The molecule has 1 saturated heterocycles. The molecule has 0 saturated carbocycles. The van der Waals surface area contributed by atoms with Gasteiger partial charge in [-0.3, -0.25) is 9.59 Å². The summed E-state index contributed by atoms with van der Waals surface area (Å²) in [5, 5.41) is 24.4. The van der Waals surface area contributed by atoms with E-state index in [-0.39, 0.29) is 23.8 Å². The summed E-state index contributed by atoms with van der Waals surface area (Å²) in [5.74, 6) is 0.334. The Bertz CT molecular complexity index is 1340. The van der Waals surface area contributed by atoms with E-state index in [0.717, 1.165) is 29.2 Å². The third kappa shape index (κ3) is 4.66. The first kappa shape index (κ1) is 21.7. The van der Waals surface area contributed by atoms with Crippen LogP contribution < -0.4 is 10.6 Å². The van der Waals surface area contributed by atoms with Gasteiger partial charge in [-0.25, -0.2) is 0 Å². The highest BCUT2D eigenvalue weighted by molar-refractivity contribution is 5.84. The van der Waals surface area contributed by atoms with Crippen molar-refractivity contribution in [3.63, 3.8) is 0 Å². The van der Waals surface area contributed by atoms with Crippen molar-refractivity contribution in [3.8, 4) is 0 Å². The first-order chi connectivity index (χ1) is 16.6. The first-order valence-corrected chi connectivity index (χ1v) is 11.4. The lowest BCUT2D eigenvalue weighted by Crippen LogP contribution is -2.46. The van der Waals surface area contributed by atoms with Gasteiger partial charge in [0, 0.05) is 26.6 Å². The maximum Gasteiger partial charge on any atom is 0.225 e. The second-order valence-electron chi connectivity index (χ2n) is 8.60. The number of carbonyl (C=O) groups is 2. The molecule has 10 nitrogen and oxygen atoms in total. The van der Waals surface area contributed by atoms with Crippen LogP contribution in [0.25, 0.3) is 16.4 Å². The summed E-state index contributed by atoms with van der Waals surface area (Å²) in [7, 11) is 0. The van der Waals surface area contributed by atoms with Crippen molar-refractivity contribution in [3.05, 3.63) is 60.2 Å². The van der Waals surface area contributed by atoms with Crippen LogP contribution in [0, 0.1) is 5.92 Å². The minimum atomic E-state index is -0.295. The van der Waals surface area contributed by atoms with Crippen LogP contribution >= 0.6 is 0 Å². The average molecular weight is 459 g/mol. The molecule has 1 aliphatic heterocycles. The van der Waals surface area contributed by atoms with Crippen LogP contribution in [0.1, 0.15) is 31.4 Å². The zero-order valence-corrected chi connectivity index (χ0v) is 18.9. The largest absolute Gasteiger partial charge is 0.366 e. The summed E-state index contributed by atoms with van der Waals surface area (Å²) >= 11 is 0. The number of amides is 2. The number of fused-ring (bicyclic) bond motifs is 2. The quantitative estimate of drug-likeness (QED) is 0.455. The van der Waals surface area contributed by atoms with Crippen LogP contribution in [-0.4, -0.2) is 61.6 Å². The van der Waals surface area contributed by atoms with E-state index in [1.807, 2.05) is 18.2 Å². The van der Waals surface area contributed by atoms with Crippen molar-refractivity contribution in [1.82, 2.24) is 35.5 Å². The highest BCUT2D eigenvalue weighted by atomic mass is 16.2. The van der Waals surface area contributed by atoms with E-state index in [2.05, 4.69) is 55.5 Å². The molecular formula is C24H26N8O2. The second kappa shape index (κ2) is 9.42. The third-order valence-corrected chi connectivity index (χ3v) is 6.29. The fraction of sp³-hybridized carbons (Fsp3) is 0.333. The number of benzene rings is 2. The summed E-state index contributed by atoms with van der Waals surface area (Å²) < 4.78 is 1.35. The topological polar surface area (TPSA) is 117 Å². The van der Waals surface area contributed by atoms with Crippen LogP contribution in [0.15, 0.2) is 54.6 Å². The molecule has 2 atom stereocenters. The van der Waals surface area contributed by atoms with Crippen LogP contribution in [-0.2, 0) is 9.59 Å². The van der Waals surface area contributed by atoms with Crippen LogP contribution in [0.3, 0.4) is 0 Å². The number of piperidine rings is 1. The van der Waals surface area contributed by atoms with Gasteiger partial charge in [-0.1, -0.05) is 36.4 Å². The summed E-state index contributed by atoms with van der Waals surface area (Å²) in [6.45, 7) is 3.14. The Morgan fingerprint density at radius 3 is 2.82 bits per heavy atom. The first-order valence-electron chi connectivity index (χ1n) is 11.4. The lowest BCUT2D eigenvalue weighted by Gasteiger charge is -2.32. The van der Waals surface area contributed by atoms with Gasteiger partial charge in [-0.05, 0) is 57.8 Å². The predicted octanol–water partition coefficient (Wildman–Crippen LogP) is 2.20. The lowest BCUT2D eigenvalue weighted by molar-refractivity contribution is -0.134. The Hall–Kier alpha value is -4.08. The number of aromatic nitrogens is 5. The number of anilines is 1.